The van der Waals surface area contributed by atoms with Crippen LogP contribution in [0.3, 0.4) is 0 Å². The maximum Gasteiger partial charge on any atom is 0.0548 e. The van der Waals surface area contributed by atoms with Gasteiger partial charge in [-0.25, -0.2) is 0 Å². The molecule has 7 aromatic rings. The van der Waals surface area contributed by atoms with Gasteiger partial charge in [-0.1, -0.05) is 97.6 Å². The number of hydrogen-bond acceptors (Lipinski definition) is 0. The summed E-state index contributed by atoms with van der Waals surface area (Å²) >= 11 is 0. The SMILES string of the molecule is C=Cc1c(/C=C\C)n(-c2ccccc2)c2ccc3c(c4ccccc4n3-c3ccc(-c4ccccc4)cc3)c12. The molecule has 2 aromatic heterocycles. The lowest BCUT2D eigenvalue weighted by Crippen LogP contribution is -1.96. The molecule has 0 amide bonds. The first-order valence-corrected chi connectivity index (χ1v) is 13.4. The van der Waals surface area contributed by atoms with Crippen LogP contribution >= 0.6 is 0 Å². The quantitative estimate of drug-likeness (QED) is 0.222. The molecule has 5 aromatic carbocycles. The number of benzene rings is 5. The summed E-state index contributed by atoms with van der Waals surface area (Å²) in [6, 6.07) is 43.3. The van der Waals surface area contributed by atoms with E-state index in [2.05, 4.69) is 156 Å². The highest BCUT2D eigenvalue weighted by atomic mass is 15.0. The van der Waals surface area contributed by atoms with Gasteiger partial charge in [0.15, 0.2) is 0 Å². The molecule has 0 aliphatic carbocycles. The van der Waals surface area contributed by atoms with Crippen LogP contribution in [0.25, 0.3) is 67.4 Å². The Bertz CT molecular complexity index is 2000. The van der Waals surface area contributed by atoms with Crippen LogP contribution in [0.4, 0.5) is 0 Å². The van der Waals surface area contributed by atoms with Crippen molar-refractivity contribution < 1.29 is 0 Å². The maximum absolute atomic E-state index is 4.27. The van der Waals surface area contributed by atoms with Crippen molar-refractivity contribution in [2.45, 2.75) is 6.92 Å². The Balaban J connectivity index is 1.56. The van der Waals surface area contributed by atoms with Gasteiger partial charge in [-0.2, -0.15) is 0 Å². The highest BCUT2D eigenvalue weighted by molar-refractivity contribution is 6.23. The number of fused-ring (bicyclic) bond motifs is 5. The molecule has 0 spiro atoms. The summed E-state index contributed by atoms with van der Waals surface area (Å²) in [6.45, 7) is 6.34. The second-order valence-electron chi connectivity index (χ2n) is 9.79. The third-order valence-electron chi connectivity index (χ3n) is 7.62. The van der Waals surface area contributed by atoms with Crippen LogP contribution in [0.2, 0.25) is 0 Å². The molecular formula is C37H28N2. The molecule has 0 aliphatic heterocycles. The van der Waals surface area contributed by atoms with Gasteiger partial charge in [-0.15, -0.1) is 0 Å². The minimum atomic E-state index is 1.14. The van der Waals surface area contributed by atoms with E-state index in [9.17, 15) is 0 Å². The van der Waals surface area contributed by atoms with Gasteiger partial charge in [-0.3, -0.25) is 0 Å². The van der Waals surface area contributed by atoms with E-state index in [1.165, 1.54) is 43.8 Å². The Morgan fingerprint density at radius 1 is 0.538 bits per heavy atom. The second-order valence-corrected chi connectivity index (χ2v) is 9.79. The van der Waals surface area contributed by atoms with Gasteiger partial charge in [0.1, 0.15) is 0 Å². The van der Waals surface area contributed by atoms with Gasteiger partial charge in [0, 0.05) is 33.1 Å². The molecule has 0 fully saturated rings. The van der Waals surface area contributed by atoms with E-state index < -0.39 is 0 Å². The summed E-state index contributed by atoms with van der Waals surface area (Å²) in [7, 11) is 0. The van der Waals surface area contributed by atoms with Gasteiger partial charge < -0.3 is 9.13 Å². The Morgan fingerprint density at radius 3 is 1.82 bits per heavy atom. The predicted molar refractivity (Wildman–Crippen MR) is 168 cm³/mol. The van der Waals surface area contributed by atoms with Crippen LogP contribution < -0.4 is 0 Å². The molecule has 2 heteroatoms. The number of rotatable bonds is 5. The molecule has 186 valence electrons. The fourth-order valence-corrected chi connectivity index (χ4v) is 5.98. The fourth-order valence-electron chi connectivity index (χ4n) is 5.98. The average molecular weight is 501 g/mol. The van der Waals surface area contributed by atoms with Crippen molar-refractivity contribution in [2.75, 3.05) is 0 Å². The molecule has 0 aliphatic rings. The summed E-state index contributed by atoms with van der Waals surface area (Å²) in [5.41, 5.74) is 10.6. The zero-order chi connectivity index (χ0) is 26.3. The molecule has 0 saturated heterocycles. The number of para-hydroxylation sites is 2. The van der Waals surface area contributed by atoms with E-state index in [1.54, 1.807) is 0 Å². The van der Waals surface area contributed by atoms with Crippen molar-refractivity contribution in [3.8, 4) is 22.5 Å². The van der Waals surface area contributed by atoms with Gasteiger partial charge in [0.05, 0.1) is 22.2 Å². The standard InChI is InChI=1S/C37H28N2/c1-3-13-32-30(4-2)36-34(38(32)28-16-9-6-10-17-28)24-25-35-37(36)31-18-11-12-19-33(31)39(35)29-22-20-27(21-23-29)26-14-7-5-8-15-26/h3-25H,2H2,1H3/b13-3-. The molecule has 0 saturated carbocycles. The first-order valence-electron chi connectivity index (χ1n) is 13.4. The van der Waals surface area contributed by atoms with E-state index >= 15 is 0 Å². The first-order chi connectivity index (χ1) is 19.3. The molecule has 2 nitrogen and oxygen atoms in total. The van der Waals surface area contributed by atoms with Crippen molar-refractivity contribution in [1.29, 1.82) is 0 Å². The molecule has 39 heavy (non-hydrogen) atoms. The summed E-state index contributed by atoms with van der Waals surface area (Å²) in [5, 5.41) is 3.73. The molecule has 0 atom stereocenters. The maximum atomic E-state index is 4.27. The Morgan fingerprint density at radius 2 is 1.13 bits per heavy atom. The van der Waals surface area contributed by atoms with E-state index in [0.29, 0.717) is 0 Å². The van der Waals surface area contributed by atoms with Crippen LogP contribution in [-0.2, 0) is 0 Å². The third-order valence-corrected chi connectivity index (χ3v) is 7.62. The smallest absolute Gasteiger partial charge is 0.0548 e. The van der Waals surface area contributed by atoms with Crippen LogP contribution in [0.15, 0.2) is 134 Å². The van der Waals surface area contributed by atoms with E-state index in [-0.39, 0.29) is 0 Å². The van der Waals surface area contributed by atoms with Gasteiger partial charge >= 0.3 is 0 Å². The Hall–Kier alpha value is -5.08. The van der Waals surface area contributed by atoms with Gasteiger partial charge in [0.25, 0.3) is 0 Å². The molecule has 0 unspecified atom stereocenters. The van der Waals surface area contributed by atoms with Crippen LogP contribution in [-0.4, -0.2) is 9.13 Å². The lowest BCUT2D eigenvalue weighted by molar-refractivity contribution is 1.10. The van der Waals surface area contributed by atoms with Crippen LogP contribution in [0.5, 0.6) is 0 Å². The summed E-state index contributed by atoms with van der Waals surface area (Å²) in [5.74, 6) is 0. The number of hydrogen-bond donors (Lipinski definition) is 0. The van der Waals surface area contributed by atoms with Crippen LogP contribution in [0, 0.1) is 0 Å². The molecular weight excluding hydrogens is 472 g/mol. The Kier molecular flexibility index (Phi) is 5.53. The van der Waals surface area contributed by atoms with Crippen molar-refractivity contribution >= 4 is 44.9 Å². The Labute approximate surface area is 228 Å². The van der Waals surface area contributed by atoms with Gasteiger partial charge in [0.2, 0.25) is 0 Å². The van der Waals surface area contributed by atoms with Crippen molar-refractivity contribution in [2.24, 2.45) is 0 Å². The second kappa shape index (κ2) is 9.34. The highest BCUT2D eigenvalue weighted by Crippen LogP contribution is 2.42. The number of aromatic nitrogens is 2. The van der Waals surface area contributed by atoms with Crippen molar-refractivity contribution in [1.82, 2.24) is 9.13 Å². The van der Waals surface area contributed by atoms with E-state index in [1.807, 2.05) is 6.08 Å². The zero-order valence-corrected chi connectivity index (χ0v) is 21.9. The largest absolute Gasteiger partial charge is 0.309 e. The monoisotopic (exact) mass is 500 g/mol. The van der Waals surface area contributed by atoms with Crippen molar-refractivity contribution in [3.05, 3.63) is 145 Å². The molecule has 7 rings (SSSR count). The molecule has 0 bridgehead atoms. The van der Waals surface area contributed by atoms with Crippen molar-refractivity contribution in [3.63, 3.8) is 0 Å². The van der Waals surface area contributed by atoms with Crippen LogP contribution in [0.1, 0.15) is 18.2 Å². The average Bonchev–Trinajstić information content (AvgIpc) is 3.50. The predicted octanol–water partition coefficient (Wildman–Crippen LogP) is 10.1. The highest BCUT2D eigenvalue weighted by Gasteiger charge is 2.21. The first kappa shape index (κ1) is 23.1. The van der Waals surface area contributed by atoms with Gasteiger partial charge in [-0.05, 0) is 66.6 Å². The summed E-state index contributed by atoms with van der Waals surface area (Å²) in [6.07, 6.45) is 6.31. The summed E-state index contributed by atoms with van der Waals surface area (Å²) < 4.78 is 4.74. The minimum Gasteiger partial charge on any atom is -0.309 e. The molecule has 2 heterocycles. The normalized spacial score (nSPS) is 11.7. The zero-order valence-electron chi connectivity index (χ0n) is 21.9. The fraction of sp³-hybridized carbons (Fsp3) is 0.0270. The lowest BCUT2D eigenvalue weighted by Gasteiger charge is -2.10. The third kappa shape index (κ3) is 3.57. The number of nitrogens with zero attached hydrogens (tertiary/aromatic N) is 2. The lowest BCUT2D eigenvalue weighted by atomic mass is 10.0. The minimum absolute atomic E-state index is 1.14. The van der Waals surface area contributed by atoms with E-state index in [0.717, 1.165) is 22.6 Å². The topological polar surface area (TPSA) is 9.86 Å². The van der Waals surface area contributed by atoms with E-state index in [4.69, 9.17) is 0 Å². The molecule has 0 N–H and O–H groups in total. The summed E-state index contributed by atoms with van der Waals surface area (Å²) in [4.78, 5) is 0. The molecule has 0 radical (unpaired) electrons. The number of allylic oxidation sites excluding steroid dienone is 1.